The van der Waals surface area contributed by atoms with E-state index < -0.39 is 23.0 Å². The van der Waals surface area contributed by atoms with Gasteiger partial charge >= 0.3 is 0 Å². The first kappa shape index (κ1) is 15.3. The van der Waals surface area contributed by atoms with Crippen LogP contribution in [0, 0.1) is 10.1 Å². The molecule has 2 heterocycles. The predicted molar refractivity (Wildman–Crippen MR) is 87.7 cm³/mol. The SMILES string of the molecule is O=C([O-])[C@@H]1Cc2c([nH]c3ccccc23)[C@H](c2ccccc2[N+](=O)[O-])[NH2+]1. The Morgan fingerprint density at radius 1 is 1.16 bits per heavy atom. The third kappa shape index (κ3) is 2.45. The van der Waals surface area contributed by atoms with E-state index in [-0.39, 0.29) is 5.69 Å². The van der Waals surface area contributed by atoms with E-state index in [1.165, 1.54) is 6.07 Å². The van der Waals surface area contributed by atoms with E-state index in [0.717, 1.165) is 22.2 Å². The second-order valence-corrected chi connectivity index (χ2v) is 6.18. The molecule has 126 valence electrons. The molecule has 0 saturated heterocycles. The monoisotopic (exact) mass is 337 g/mol. The van der Waals surface area contributed by atoms with Crippen molar-refractivity contribution in [3.8, 4) is 0 Å². The van der Waals surface area contributed by atoms with Gasteiger partial charge in [-0.05, 0) is 17.7 Å². The van der Waals surface area contributed by atoms with E-state index in [4.69, 9.17) is 0 Å². The lowest BCUT2D eigenvalue weighted by Crippen LogP contribution is -2.95. The van der Waals surface area contributed by atoms with Gasteiger partial charge in [0.15, 0.2) is 6.04 Å². The van der Waals surface area contributed by atoms with Gasteiger partial charge in [0.2, 0.25) is 0 Å². The van der Waals surface area contributed by atoms with Crippen molar-refractivity contribution in [2.75, 3.05) is 0 Å². The number of benzene rings is 2. The summed E-state index contributed by atoms with van der Waals surface area (Å²) >= 11 is 0. The molecule has 2 atom stereocenters. The highest BCUT2D eigenvalue weighted by Crippen LogP contribution is 2.34. The number of fused-ring (bicyclic) bond motifs is 3. The fourth-order valence-corrected chi connectivity index (χ4v) is 3.66. The average molecular weight is 337 g/mol. The van der Waals surface area contributed by atoms with Crippen molar-refractivity contribution in [2.24, 2.45) is 0 Å². The van der Waals surface area contributed by atoms with Gasteiger partial charge < -0.3 is 20.2 Å². The van der Waals surface area contributed by atoms with Gasteiger partial charge in [-0.15, -0.1) is 0 Å². The number of aromatic nitrogens is 1. The van der Waals surface area contributed by atoms with Crippen LogP contribution in [0.15, 0.2) is 48.5 Å². The third-order valence-corrected chi connectivity index (χ3v) is 4.78. The summed E-state index contributed by atoms with van der Waals surface area (Å²) in [5, 5.41) is 25.5. The van der Waals surface area contributed by atoms with E-state index in [1.54, 1.807) is 23.5 Å². The molecule has 0 unspecified atom stereocenters. The van der Waals surface area contributed by atoms with E-state index in [1.807, 2.05) is 24.3 Å². The summed E-state index contributed by atoms with van der Waals surface area (Å²) < 4.78 is 0. The minimum absolute atomic E-state index is 0.0210. The van der Waals surface area contributed by atoms with E-state index >= 15 is 0 Å². The first-order valence-corrected chi connectivity index (χ1v) is 7.95. The van der Waals surface area contributed by atoms with Crippen LogP contribution < -0.4 is 10.4 Å². The van der Waals surface area contributed by atoms with Gasteiger partial charge in [0, 0.05) is 23.4 Å². The van der Waals surface area contributed by atoms with E-state index in [9.17, 15) is 20.0 Å². The van der Waals surface area contributed by atoms with Crippen LogP contribution in [0.4, 0.5) is 5.69 Å². The van der Waals surface area contributed by atoms with Crippen LogP contribution in [0.3, 0.4) is 0 Å². The first-order chi connectivity index (χ1) is 12.1. The molecule has 0 spiro atoms. The molecule has 3 aromatic rings. The second-order valence-electron chi connectivity index (χ2n) is 6.18. The third-order valence-electron chi connectivity index (χ3n) is 4.78. The lowest BCUT2D eigenvalue weighted by Gasteiger charge is -2.28. The molecule has 25 heavy (non-hydrogen) atoms. The number of H-pyrrole nitrogens is 1. The summed E-state index contributed by atoms with van der Waals surface area (Å²) in [7, 11) is 0. The van der Waals surface area contributed by atoms with Gasteiger partial charge in [0.05, 0.1) is 22.1 Å². The summed E-state index contributed by atoms with van der Waals surface area (Å²) in [6, 6.07) is 12.8. The predicted octanol–water partition coefficient (Wildman–Crippen LogP) is 0.403. The van der Waals surface area contributed by atoms with Crippen LogP contribution >= 0.6 is 0 Å². The number of nitro groups is 1. The Balaban J connectivity index is 1.94. The molecule has 7 heteroatoms. The van der Waals surface area contributed by atoms with E-state index in [2.05, 4.69) is 4.98 Å². The number of nitro benzene ring substituents is 1. The largest absolute Gasteiger partial charge is 0.544 e. The molecule has 0 aliphatic carbocycles. The van der Waals surface area contributed by atoms with Crippen LogP contribution in [0.1, 0.15) is 22.9 Å². The Kier molecular flexibility index (Phi) is 3.51. The molecule has 1 aliphatic rings. The Labute approximate surface area is 142 Å². The molecule has 0 radical (unpaired) electrons. The summed E-state index contributed by atoms with van der Waals surface area (Å²) in [6.07, 6.45) is 0.318. The van der Waals surface area contributed by atoms with Crippen molar-refractivity contribution < 1.29 is 20.1 Å². The fraction of sp³-hybridized carbons (Fsp3) is 0.167. The molecule has 0 saturated carbocycles. The fourth-order valence-electron chi connectivity index (χ4n) is 3.66. The van der Waals surface area contributed by atoms with Crippen molar-refractivity contribution >= 4 is 22.6 Å². The smallest absolute Gasteiger partial charge is 0.278 e. The number of hydrogen-bond acceptors (Lipinski definition) is 4. The number of aromatic amines is 1. The summed E-state index contributed by atoms with van der Waals surface area (Å²) in [4.78, 5) is 25.8. The van der Waals surface area contributed by atoms with Crippen LogP contribution in [0.5, 0.6) is 0 Å². The lowest BCUT2D eigenvalue weighted by atomic mass is 9.89. The number of quaternary nitrogens is 1. The number of carbonyl (C=O) groups excluding carboxylic acids is 1. The van der Waals surface area contributed by atoms with Crippen molar-refractivity contribution in [3.63, 3.8) is 0 Å². The number of nitrogens with two attached hydrogens (primary N) is 1. The number of nitrogens with one attached hydrogen (secondary N) is 1. The van der Waals surface area contributed by atoms with Crippen molar-refractivity contribution in [3.05, 3.63) is 75.5 Å². The van der Waals surface area contributed by atoms with E-state index in [0.29, 0.717) is 12.0 Å². The van der Waals surface area contributed by atoms with Crippen LogP contribution in [-0.4, -0.2) is 21.9 Å². The highest BCUT2D eigenvalue weighted by atomic mass is 16.6. The van der Waals surface area contributed by atoms with Gasteiger partial charge in [-0.25, -0.2) is 0 Å². The molecular weight excluding hydrogens is 322 g/mol. The average Bonchev–Trinajstić information content (AvgIpc) is 2.99. The molecule has 2 aromatic carbocycles. The molecule has 0 fully saturated rings. The minimum atomic E-state index is -1.17. The van der Waals surface area contributed by atoms with Gasteiger partial charge in [-0.3, -0.25) is 10.1 Å². The summed E-state index contributed by atoms with van der Waals surface area (Å²) in [5.41, 5.74) is 3.05. The highest BCUT2D eigenvalue weighted by molar-refractivity contribution is 5.86. The normalized spacial score (nSPS) is 19.5. The number of carbonyl (C=O) groups is 1. The number of nitrogens with zero attached hydrogens (tertiary/aromatic N) is 1. The summed E-state index contributed by atoms with van der Waals surface area (Å²) in [5.74, 6) is -1.17. The Morgan fingerprint density at radius 3 is 2.64 bits per heavy atom. The number of aliphatic carboxylic acids is 1. The molecule has 0 amide bonds. The molecule has 1 aromatic heterocycles. The molecule has 0 bridgehead atoms. The quantitative estimate of drug-likeness (QED) is 0.532. The molecule has 4 rings (SSSR count). The first-order valence-electron chi connectivity index (χ1n) is 7.95. The lowest BCUT2D eigenvalue weighted by molar-refractivity contribution is -0.717. The standard InChI is InChI=1S/C18H15N3O4/c22-18(23)14-9-12-10-5-1-3-7-13(10)19-17(12)16(20-14)11-6-2-4-8-15(11)21(24)25/h1-8,14,16,19-20H,9H2,(H,22,23)/t14-,16-/m0/s1. The van der Waals surface area contributed by atoms with Gasteiger partial charge in [-0.1, -0.05) is 30.3 Å². The van der Waals surface area contributed by atoms with Crippen molar-refractivity contribution in [2.45, 2.75) is 18.5 Å². The van der Waals surface area contributed by atoms with Crippen molar-refractivity contribution in [1.29, 1.82) is 0 Å². The second kappa shape index (κ2) is 5.71. The number of rotatable bonds is 3. The Hall–Kier alpha value is -3.19. The maximum Gasteiger partial charge on any atom is 0.278 e. The maximum absolute atomic E-state index is 11.5. The molecule has 1 aliphatic heterocycles. The van der Waals surface area contributed by atoms with Gasteiger partial charge in [0.25, 0.3) is 5.69 Å². The molecular formula is C18H15N3O4. The van der Waals surface area contributed by atoms with Gasteiger partial charge in [-0.2, -0.15) is 0 Å². The number of para-hydroxylation sites is 2. The zero-order valence-corrected chi connectivity index (χ0v) is 13.1. The Bertz CT molecular complexity index is 995. The van der Waals surface area contributed by atoms with Crippen LogP contribution in [0.25, 0.3) is 10.9 Å². The molecule has 3 N–H and O–H groups in total. The maximum atomic E-state index is 11.5. The number of carboxylic acid groups (broad SMARTS) is 1. The van der Waals surface area contributed by atoms with Gasteiger partial charge in [0.1, 0.15) is 6.04 Å². The minimum Gasteiger partial charge on any atom is -0.544 e. The topological polar surface area (TPSA) is 116 Å². The zero-order valence-electron chi connectivity index (χ0n) is 13.1. The highest BCUT2D eigenvalue weighted by Gasteiger charge is 2.37. The Morgan fingerprint density at radius 2 is 1.88 bits per heavy atom. The number of carboxylic acids is 1. The summed E-state index contributed by atoms with van der Waals surface area (Å²) in [6.45, 7) is 0. The van der Waals surface area contributed by atoms with Crippen molar-refractivity contribution in [1.82, 2.24) is 4.98 Å². The van der Waals surface area contributed by atoms with Crippen LogP contribution in [0.2, 0.25) is 0 Å². The zero-order chi connectivity index (χ0) is 17.6. The van der Waals surface area contributed by atoms with Crippen LogP contribution in [-0.2, 0) is 11.2 Å². The molecule has 7 nitrogen and oxygen atoms in total. The number of hydrogen-bond donors (Lipinski definition) is 2.